The molecule has 0 spiro atoms. The number of rotatable bonds is 6. The molecule has 1 atom stereocenters. The predicted molar refractivity (Wildman–Crippen MR) is 90.0 cm³/mol. The first-order valence-electron chi connectivity index (χ1n) is 6.67. The van der Waals surface area contributed by atoms with Crippen LogP contribution in [-0.4, -0.2) is 12.3 Å². The maximum absolute atomic E-state index is 14.1. The smallest absolute Gasteiger partial charge is 0.129 e. The van der Waals surface area contributed by atoms with E-state index in [9.17, 15) is 4.39 Å². The molecule has 1 N–H and O–H groups in total. The highest BCUT2D eigenvalue weighted by Crippen LogP contribution is 2.28. The van der Waals surface area contributed by atoms with E-state index in [4.69, 9.17) is 23.2 Å². The summed E-state index contributed by atoms with van der Waals surface area (Å²) >= 11 is 13.4. The molecule has 2 aromatic rings. The second-order valence-corrected chi connectivity index (χ2v) is 6.51. The van der Waals surface area contributed by atoms with Crippen molar-refractivity contribution in [2.24, 2.45) is 0 Å². The van der Waals surface area contributed by atoms with Crippen LogP contribution in [0.1, 0.15) is 18.5 Å². The molecule has 112 valence electrons. The van der Waals surface area contributed by atoms with Gasteiger partial charge in [0.15, 0.2) is 0 Å². The number of benzene rings is 2. The molecule has 1 unspecified atom stereocenters. The SMILES string of the molecule is CCNC(CSc1cccc(Cl)c1)c1ccc(Cl)cc1F. The van der Waals surface area contributed by atoms with Gasteiger partial charge in [0.25, 0.3) is 0 Å². The summed E-state index contributed by atoms with van der Waals surface area (Å²) in [6, 6.07) is 12.4. The van der Waals surface area contributed by atoms with Crippen LogP contribution in [0.25, 0.3) is 0 Å². The van der Waals surface area contributed by atoms with Crippen molar-refractivity contribution in [1.29, 1.82) is 0 Å². The summed E-state index contributed by atoms with van der Waals surface area (Å²) in [4.78, 5) is 1.07. The molecule has 0 aliphatic heterocycles. The summed E-state index contributed by atoms with van der Waals surface area (Å²) in [5, 5.41) is 4.42. The Kier molecular flexibility index (Phi) is 6.37. The Morgan fingerprint density at radius 2 is 1.90 bits per heavy atom. The standard InChI is InChI=1S/C16H16Cl2FNS/c1-2-20-16(14-7-6-12(18)9-15(14)19)10-21-13-5-3-4-11(17)8-13/h3-9,16,20H,2,10H2,1H3. The van der Waals surface area contributed by atoms with Crippen LogP contribution in [0.4, 0.5) is 4.39 Å². The van der Waals surface area contributed by atoms with Gasteiger partial charge >= 0.3 is 0 Å². The van der Waals surface area contributed by atoms with Crippen molar-refractivity contribution in [3.63, 3.8) is 0 Å². The molecule has 0 saturated carbocycles. The average Bonchev–Trinajstić information content (AvgIpc) is 2.44. The Bertz CT molecular complexity index is 607. The summed E-state index contributed by atoms with van der Waals surface area (Å²) in [6.07, 6.45) is 0. The molecular weight excluding hydrogens is 328 g/mol. The van der Waals surface area contributed by atoms with Crippen molar-refractivity contribution in [2.75, 3.05) is 12.3 Å². The predicted octanol–water partition coefficient (Wildman–Crippen LogP) is 5.58. The monoisotopic (exact) mass is 343 g/mol. The molecule has 0 radical (unpaired) electrons. The van der Waals surface area contributed by atoms with Crippen LogP contribution in [-0.2, 0) is 0 Å². The van der Waals surface area contributed by atoms with Gasteiger partial charge in [-0.25, -0.2) is 4.39 Å². The van der Waals surface area contributed by atoms with Crippen molar-refractivity contribution in [3.05, 3.63) is 63.9 Å². The van der Waals surface area contributed by atoms with Crippen LogP contribution in [0.5, 0.6) is 0 Å². The van der Waals surface area contributed by atoms with Gasteiger partial charge in [0.05, 0.1) is 0 Å². The van der Waals surface area contributed by atoms with Gasteiger partial charge in [-0.05, 0) is 36.9 Å². The van der Waals surface area contributed by atoms with Gasteiger partial charge in [0, 0.05) is 32.3 Å². The Hall–Kier alpha value is -0.740. The minimum Gasteiger partial charge on any atom is -0.309 e. The van der Waals surface area contributed by atoms with E-state index in [0.29, 0.717) is 21.4 Å². The van der Waals surface area contributed by atoms with E-state index in [0.717, 1.165) is 11.4 Å². The van der Waals surface area contributed by atoms with Crippen LogP contribution >= 0.6 is 35.0 Å². The molecule has 0 heterocycles. The van der Waals surface area contributed by atoms with Gasteiger partial charge in [0.2, 0.25) is 0 Å². The Balaban J connectivity index is 2.12. The minimum absolute atomic E-state index is 0.0729. The van der Waals surface area contributed by atoms with E-state index in [1.54, 1.807) is 23.9 Å². The molecule has 1 nitrogen and oxygen atoms in total. The van der Waals surface area contributed by atoms with Crippen molar-refractivity contribution < 1.29 is 4.39 Å². The third-order valence-corrected chi connectivity index (χ3v) is 4.56. The largest absolute Gasteiger partial charge is 0.309 e. The highest BCUT2D eigenvalue weighted by molar-refractivity contribution is 7.99. The second-order valence-electron chi connectivity index (χ2n) is 4.54. The summed E-state index contributed by atoms with van der Waals surface area (Å²) in [6.45, 7) is 2.77. The highest BCUT2D eigenvalue weighted by Gasteiger charge is 2.15. The fourth-order valence-electron chi connectivity index (χ4n) is 2.03. The second kappa shape index (κ2) is 8.04. The summed E-state index contributed by atoms with van der Waals surface area (Å²) in [5.41, 5.74) is 0.635. The highest BCUT2D eigenvalue weighted by atomic mass is 35.5. The fourth-order valence-corrected chi connectivity index (χ4v) is 3.48. The van der Waals surface area contributed by atoms with Crippen molar-refractivity contribution in [1.82, 2.24) is 5.32 Å². The molecular formula is C16H16Cl2FNS. The van der Waals surface area contributed by atoms with E-state index < -0.39 is 0 Å². The van der Waals surface area contributed by atoms with Gasteiger partial charge < -0.3 is 5.32 Å². The summed E-state index contributed by atoms with van der Waals surface area (Å²) in [7, 11) is 0. The van der Waals surface area contributed by atoms with Crippen LogP contribution in [0.15, 0.2) is 47.4 Å². The number of thioether (sulfide) groups is 1. The lowest BCUT2D eigenvalue weighted by molar-refractivity contribution is 0.545. The van der Waals surface area contributed by atoms with Crippen molar-refractivity contribution >= 4 is 35.0 Å². The van der Waals surface area contributed by atoms with Crippen LogP contribution in [0.2, 0.25) is 10.0 Å². The zero-order valence-electron chi connectivity index (χ0n) is 11.6. The average molecular weight is 344 g/mol. The lowest BCUT2D eigenvalue weighted by atomic mass is 10.1. The van der Waals surface area contributed by atoms with Crippen LogP contribution in [0, 0.1) is 5.82 Å². The Morgan fingerprint density at radius 3 is 2.57 bits per heavy atom. The number of nitrogens with one attached hydrogen (secondary N) is 1. The molecule has 21 heavy (non-hydrogen) atoms. The molecule has 0 aromatic heterocycles. The number of hydrogen-bond acceptors (Lipinski definition) is 2. The topological polar surface area (TPSA) is 12.0 Å². The first-order valence-corrected chi connectivity index (χ1v) is 8.41. The molecule has 2 rings (SSSR count). The van der Waals surface area contributed by atoms with E-state index in [1.165, 1.54) is 6.07 Å². The van der Waals surface area contributed by atoms with Crippen LogP contribution < -0.4 is 5.32 Å². The fraction of sp³-hybridized carbons (Fsp3) is 0.250. The molecule has 0 amide bonds. The Labute approximate surface area is 138 Å². The molecule has 2 aromatic carbocycles. The normalized spacial score (nSPS) is 12.4. The molecule has 0 saturated heterocycles. The lowest BCUT2D eigenvalue weighted by Gasteiger charge is -2.19. The summed E-state index contributed by atoms with van der Waals surface area (Å²) in [5.74, 6) is 0.437. The van der Waals surface area contributed by atoms with Gasteiger partial charge in [-0.1, -0.05) is 42.3 Å². The number of hydrogen-bond donors (Lipinski definition) is 1. The van der Waals surface area contributed by atoms with Crippen molar-refractivity contribution in [2.45, 2.75) is 17.9 Å². The van der Waals surface area contributed by atoms with Gasteiger partial charge in [-0.2, -0.15) is 0 Å². The zero-order chi connectivity index (χ0) is 15.2. The molecule has 0 fully saturated rings. The molecule has 0 bridgehead atoms. The molecule has 5 heteroatoms. The number of halogens is 3. The maximum Gasteiger partial charge on any atom is 0.129 e. The lowest BCUT2D eigenvalue weighted by Crippen LogP contribution is -2.24. The van der Waals surface area contributed by atoms with Crippen LogP contribution in [0.3, 0.4) is 0 Å². The van der Waals surface area contributed by atoms with E-state index >= 15 is 0 Å². The van der Waals surface area contributed by atoms with Gasteiger partial charge in [-0.3, -0.25) is 0 Å². The quantitative estimate of drug-likeness (QED) is 0.687. The van der Waals surface area contributed by atoms with E-state index in [1.807, 2.05) is 31.2 Å². The zero-order valence-corrected chi connectivity index (χ0v) is 13.9. The Morgan fingerprint density at radius 1 is 1.14 bits per heavy atom. The molecule has 0 aliphatic rings. The van der Waals surface area contributed by atoms with Crippen molar-refractivity contribution in [3.8, 4) is 0 Å². The minimum atomic E-state index is -0.278. The summed E-state index contributed by atoms with van der Waals surface area (Å²) < 4.78 is 14.1. The first kappa shape index (κ1) is 16.6. The maximum atomic E-state index is 14.1. The third kappa shape index (κ3) is 4.89. The van der Waals surface area contributed by atoms with Gasteiger partial charge in [-0.15, -0.1) is 11.8 Å². The molecule has 0 aliphatic carbocycles. The van der Waals surface area contributed by atoms with E-state index in [-0.39, 0.29) is 11.9 Å². The first-order chi connectivity index (χ1) is 10.1. The van der Waals surface area contributed by atoms with Gasteiger partial charge in [0.1, 0.15) is 5.82 Å². The third-order valence-electron chi connectivity index (χ3n) is 3.00. The van der Waals surface area contributed by atoms with E-state index in [2.05, 4.69) is 5.32 Å².